The molecule has 90 valence electrons. The van der Waals surface area contributed by atoms with Crippen molar-refractivity contribution >= 4 is 22.4 Å². The first kappa shape index (κ1) is 13.0. The molecule has 0 bridgehead atoms. The highest BCUT2D eigenvalue weighted by Gasteiger charge is 2.19. The maximum Gasteiger partial charge on any atom is 0.347 e. The van der Waals surface area contributed by atoms with Crippen LogP contribution in [0.4, 0.5) is 5.13 Å². The summed E-state index contributed by atoms with van der Waals surface area (Å²) in [5.74, 6) is -0.890. The highest BCUT2D eigenvalue weighted by atomic mass is 32.1. The van der Waals surface area contributed by atoms with Gasteiger partial charge in [-0.05, 0) is 19.8 Å². The summed E-state index contributed by atoms with van der Waals surface area (Å²) in [7, 11) is 1.97. The van der Waals surface area contributed by atoms with Crippen LogP contribution in [0.3, 0.4) is 0 Å². The molecule has 0 atom stereocenters. The molecule has 16 heavy (non-hydrogen) atoms. The van der Waals surface area contributed by atoms with Crippen LogP contribution in [0.25, 0.3) is 0 Å². The van der Waals surface area contributed by atoms with Crippen molar-refractivity contribution in [2.45, 2.75) is 39.7 Å². The smallest absolute Gasteiger partial charge is 0.347 e. The van der Waals surface area contributed by atoms with E-state index in [2.05, 4.69) is 23.7 Å². The number of thiazole rings is 1. The van der Waals surface area contributed by atoms with Crippen molar-refractivity contribution < 1.29 is 9.90 Å². The van der Waals surface area contributed by atoms with E-state index in [0.29, 0.717) is 16.6 Å². The number of hydrogen-bond donors (Lipinski definition) is 1. The topological polar surface area (TPSA) is 53.4 Å². The predicted molar refractivity (Wildman–Crippen MR) is 66.6 cm³/mol. The van der Waals surface area contributed by atoms with E-state index in [-0.39, 0.29) is 0 Å². The average molecular weight is 242 g/mol. The fourth-order valence-corrected chi connectivity index (χ4v) is 2.66. The van der Waals surface area contributed by atoms with E-state index in [4.69, 9.17) is 5.11 Å². The quantitative estimate of drug-likeness (QED) is 0.862. The van der Waals surface area contributed by atoms with Crippen LogP contribution in [0.5, 0.6) is 0 Å². The first-order chi connectivity index (χ1) is 7.51. The largest absolute Gasteiger partial charge is 0.477 e. The molecule has 1 aromatic heterocycles. The van der Waals surface area contributed by atoms with Crippen LogP contribution in [-0.4, -0.2) is 29.1 Å². The third-order valence-electron chi connectivity index (χ3n) is 2.77. The molecular weight excluding hydrogens is 224 g/mol. The van der Waals surface area contributed by atoms with Gasteiger partial charge in [0.25, 0.3) is 0 Å². The molecule has 1 N–H and O–H groups in total. The van der Waals surface area contributed by atoms with E-state index >= 15 is 0 Å². The summed E-state index contributed by atoms with van der Waals surface area (Å²) in [6.45, 7) is 6.00. The van der Waals surface area contributed by atoms with Gasteiger partial charge in [-0.1, -0.05) is 25.2 Å². The van der Waals surface area contributed by atoms with Crippen molar-refractivity contribution in [2.75, 3.05) is 11.9 Å². The molecule has 5 heteroatoms. The van der Waals surface area contributed by atoms with Gasteiger partial charge in [0, 0.05) is 13.1 Å². The molecule has 0 fully saturated rings. The summed E-state index contributed by atoms with van der Waals surface area (Å²) in [6.07, 6.45) is 2.07. The molecule has 0 aliphatic carbocycles. The van der Waals surface area contributed by atoms with Gasteiger partial charge in [-0.3, -0.25) is 0 Å². The van der Waals surface area contributed by atoms with E-state index in [1.165, 1.54) is 11.3 Å². The Labute approximate surface area is 99.9 Å². The number of hydrogen-bond acceptors (Lipinski definition) is 4. The SMILES string of the molecule is CCC(CC)N(C)c1nc(C)c(C(=O)O)s1. The average Bonchev–Trinajstić information content (AvgIpc) is 2.62. The molecule has 1 aromatic rings. The number of rotatable bonds is 5. The number of aromatic nitrogens is 1. The van der Waals surface area contributed by atoms with E-state index in [1.807, 2.05) is 7.05 Å². The van der Waals surface area contributed by atoms with Crippen molar-refractivity contribution in [3.8, 4) is 0 Å². The second kappa shape index (κ2) is 5.30. The highest BCUT2D eigenvalue weighted by Crippen LogP contribution is 2.27. The minimum Gasteiger partial charge on any atom is -0.477 e. The predicted octanol–water partition coefficient (Wildman–Crippen LogP) is 2.77. The monoisotopic (exact) mass is 242 g/mol. The molecule has 0 amide bonds. The highest BCUT2D eigenvalue weighted by molar-refractivity contribution is 7.17. The van der Waals surface area contributed by atoms with Gasteiger partial charge in [-0.2, -0.15) is 0 Å². The zero-order chi connectivity index (χ0) is 12.3. The Bertz CT molecular complexity index is 372. The molecule has 4 nitrogen and oxygen atoms in total. The number of anilines is 1. The van der Waals surface area contributed by atoms with E-state index in [0.717, 1.165) is 18.0 Å². The third kappa shape index (κ3) is 2.52. The van der Waals surface area contributed by atoms with Gasteiger partial charge in [0.1, 0.15) is 4.88 Å². The van der Waals surface area contributed by atoms with Crippen LogP contribution in [0, 0.1) is 6.92 Å². The summed E-state index contributed by atoms with van der Waals surface area (Å²) in [5.41, 5.74) is 0.602. The maximum absolute atomic E-state index is 10.9. The zero-order valence-electron chi connectivity index (χ0n) is 10.1. The Morgan fingerprint density at radius 1 is 1.50 bits per heavy atom. The number of carboxylic acids is 1. The number of aryl methyl sites for hydroxylation is 1. The summed E-state index contributed by atoms with van der Waals surface area (Å²) < 4.78 is 0. The normalized spacial score (nSPS) is 10.8. The zero-order valence-corrected chi connectivity index (χ0v) is 11.0. The number of nitrogens with zero attached hydrogens (tertiary/aromatic N) is 2. The minimum atomic E-state index is -0.890. The van der Waals surface area contributed by atoms with Gasteiger partial charge >= 0.3 is 5.97 Å². The van der Waals surface area contributed by atoms with E-state index < -0.39 is 5.97 Å². The molecule has 1 heterocycles. The minimum absolute atomic E-state index is 0.341. The second-order valence-electron chi connectivity index (χ2n) is 3.80. The summed E-state index contributed by atoms with van der Waals surface area (Å²) >= 11 is 1.25. The van der Waals surface area contributed by atoms with Gasteiger partial charge in [0.2, 0.25) is 0 Å². The van der Waals surface area contributed by atoms with Crippen LogP contribution in [-0.2, 0) is 0 Å². The first-order valence-electron chi connectivity index (χ1n) is 5.44. The first-order valence-corrected chi connectivity index (χ1v) is 6.26. The van der Waals surface area contributed by atoms with E-state index in [9.17, 15) is 4.79 Å². The van der Waals surface area contributed by atoms with Crippen LogP contribution >= 0.6 is 11.3 Å². The molecule has 0 saturated carbocycles. The fourth-order valence-electron chi connectivity index (χ4n) is 1.72. The number of aromatic carboxylic acids is 1. The van der Waals surface area contributed by atoms with Crippen LogP contribution in [0.1, 0.15) is 42.1 Å². The lowest BCUT2D eigenvalue weighted by Gasteiger charge is -2.25. The van der Waals surface area contributed by atoms with Crippen molar-refractivity contribution in [1.29, 1.82) is 0 Å². The van der Waals surface area contributed by atoms with Gasteiger partial charge in [0.05, 0.1) is 5.69 Å². The van der Waals surface area contributed by atoms with Crippen molar-refractivity contribution in [3.05, 3.63) is 10.6 Å². The Balaban J connectivity index is 2.96. The molecule has 0 radical (unpaired) electrons. The molecule has 1 rings (SSSR count). The summed E-state index contributed by atoms with van der Waals surface area (Å²) in [6, 6.07) is 0.423. The number of carbonyl (C=O) groups is 1. The third-order valence-corrected chi connectivity index (χ3v) is 4.01. The molecule has 0 aliphatic rings. The maximum atomic E-state index is 10.9. The standard InChI is InChI=1S/C11H18N2O2S/c1-5-8(6-2)13(4)11-12-7(3)9(16-11)10(14)15/h8H,5-6H2,1-4H3,(H,14,15). The fraction of sp³-hybridized carbons (Fsp3) is 0.636. The van der Waals surface area contributed by atoms with Gasteiger partial charge in [-0.25, -0.2) is 9.78 Å². The summed E-state index contributed by atoms with van der Waals surface area (Å²) in [5, 5.41) is 9.76. The number of carboxylic acid groups (broad SMARTS) is 1. The molecule has 0 aromatic carbocycles. The van der Waals surface area contributed by atoms with Crippen molar-refractivity contribution in [3.63, 3.8) is 0 Å². The van der Waals surface area contributed by atoms with Crippen LogP contribution in [0.15, 0.2) is 0 Å². The van der Waals surface area contributed by atoms with Crippen LogP contribution in [0.2, 0.25) is 0 Å². The van der Waals surface area contributed by atoms with Gasteiger partial charge in [0.15, 0.2) is 5.13 Å². The Hall–Kier alpha value is -1.10. The molecule has 0 spiro atoms. The Morgan fingerprint density at radius 2 is 2.06 bits per heavy atom. The lowest BCUT2D eigenvalue weighted by molar-refractivity contribution is 0.0701. The Morgan fingerprint density at radius 3 is 2.44 bits per heavy atom. The van der Waals surface area contributed by atoms with Crippen molar-refractivity contribution in [2.24, 2.45) is 0 Å². The lowest BCUT2D eigenvalue weighted by Crippen LogP contribution is -2.30. The van der Waals surface area contributed by atoms with Gasteiger partial charge < -0.3 is 10.0 Å². The van der Waals surface area contributed by atoms with Crippen LogP contribution < -0.4 is 4.90 Å². The van der Waals surface area contributed by atoms with Crippen molar-refractivity contribution in [1.82, 2.24) is 4.98 Å². The second-order valence-corrected chi connectivity index (χ2v) is 4.77. The Kier molecular flexibility index (Phi) is 4.29. The molecular formula is C11H18N2O2S. The lowest BCUT2D eigenvalue weighted by atomic mass is 10.1. The summed E-state index contributed by atoms with van der Waals surface area (Å²) in [4.78, 5) is 17.6. The molecule has 0 saturated heterocycles. The molecule has 0 aliphatic heterocycles. The molecule has 0 unspecified atom stereocenters. The van der Waals surface area contributed by atoms with Gasteiger partial charge in [-0.15, -0.1) is 0 Å². The van der Waals surface area contributed by atoms with E-state index in [1.54, 1.807) is 6.92 Å².